The van der Waals surface area contributed by atoms with E-state index in [9.17, 15) is 4.79 Å². The number of rotatable bonds is 5. The van der Waals surface area contributed by atoms with E-state index in [1.54, 1.807) is 4.68 Å². The van der Waals surface area contributed by atoms with E-state index in [1.165, 1.54) is 11.3 Å². The van der Waals surface area contributed by atoms with Gasteiger partial charge in [0.25, 0.3) is 0 Å². The number of carboxylic acids is 1. The average molecular weight is 292 g/mol. The fourth-order valence-electron chi connectivity index (χ4n) is 2.02. The number of thiazole rings is 1. The second-order valence-electron chi connectivity index (χ2n) is 4.21. The van der Waals surface area contributed by atoms with Gasteiger partial charge >= 0.3 is 5.97 Å². The molecular weight excluding hydrogens is 280 g/mol. The van der Waals surface area contributed by atoms with Gasteiger partial charge in [0.1, 0.15) is 0 Å². The van der Waals surface area contributed by atoms with Crippen molar-refractivity contribution >= 4 is 22.3 Å². The van der Waals surface area contributed by atoms with Crippen LogP contribution in [0.25, 0.3) is 4.96 Å². The smallest absolute Gasteiger partial charge is 0.358 e. The Hall–Kier alpha value is -2.26. The van der Waals surface area contributed by atoms with Crippen molar-refractivity contribution in [2.24, 2.45) is 5.73 Å². The van der Waals surface area contributed by atoms with Gasteiger partial charge in [-0.2, -0.15) is 0 Å². The molecule has 0 amide bonds. The number of carbonyl (C=O) groups is 1. The van der Waals surface area contributed by atoms with Gasteiger partial charge in [0.2, 0.25) is 0 Å². The van der Waals surface area contributed by atoms with Gasteiger partial charge < -0.3 is 10.8 Å². The third-order valence-corrected chi connectivity index (χ3v) is 3.65. The first kappa shape index (κ1) is 12.8. The molecule has 3 aromatic rings. The summed E-state index contributed by atoms with van der Waals surface area (Å²) in [6.45, 7) is 0.718. The Bertz CT molecular complexity index is 729. The predicted octanol–water partition coefficient (Wildman–Crippen LogP) is 0.235. The van der Waals surface area contributed by atoms with Crippen LogP contribution in [0.15, 0.2) is 17.8 Å². The van der Waals surface area contributed by atoms with E-state index in [4.69, 9.17) is 10.8 Å². The highest BCUT2D eigenvalue weighted by atomic mass is 32.1. The molecule has 3 rings (SSSR count). The highest BCUT2D eigenvalue weighted by Gasteiger charge is 2.19. The fourth-order valence-corrected chi connectivity index (χ4v) is 2.73. The van der Waals surface area contributed by atoms with E-state index in [2.05, 4.69) is 15.3 Å². The van der Waals surface area contributed by atoms with Gasteiger partial charge in [-0.3, -0.25) is 4.40 Å². The summed E-state index contributed by atoms with van der Waals surface area (Å²) in [6, 6.07) is 0. The van der Waals surface area contributed by atoms with Crippen molar-refractivity contribution in [1.29, 1.82) is 0 Å². The third kappa shape index (κ3) is 2.17. The van der Waals surface area contributed by atoms with E-state index < -0.39 is 5.97 Å². The van der Waals surface area contributed by atoms with E-state index >= 15 is 0 Å². The lowest BCUT2D eigenvalue weighted by molar-refractivity contribution is 0.0689. The van der Waals surface area contributed by atoms with Crippen molar-refractivity contribution in [1.82, 2.24) is 24.4 Å². The van der Waals surface area contributed by atoms with Crippen LogP contribution in [0, 0.1) is 0 Å². The molecule has 0 unspecified atom stereocenters. The summed E-state index contributed by atoms with van der Waals surface area (Å²) in [4.78, 5) is 16.4. The molecule has 0 spiro atoms. The molecule has 0 aliphatic carbocycles. The first-order chi connectivity index (χ1) is 9.69. The van der Waals surface area contributed by atoms with Crippen molar-refractivity contribution in [2.75, 3.05) is 6.54 Å². The number of aromatic nitrogens is 5. The van der Waals surface area contributed by atoms with Crippen molar-refractivity contribution in [3.8, 4) is 0 Å². The molecule has 0 aliphatic rings. The van der Waals surface area contributed by atoms with Crippen molar-refractivity contribution in [3.05, 3.63) is 34.9 Å². The fraction of sp³-hybridized carbons (Fsp3) is 0.273. The van der Waals surface area contributed by atoms with Gasteiger partial charge in [-0.05, 0) is 6.54 Å². The summed E-state index contributed by atoms with van der Waals surface area (Å²) < 4.78 is 3.46. The number of aromatic carboxylic acids is 1. The highest BCUT2D eigenvalue weighted by molar-refractivity contribution is 7.15. The van der Waals surface area contributed by atoms with Gasteiger partial charge in [0.15, 0.2) is 10.7 Å². The average Bonchev–Trinajstić information content (AvgIpc) is 3.05. The van der Waals surface area contributed by atoms with Crippen LogP contribution in [0.2, 0.25) is 0 Å². The molecule has 0 aliphatic heterocycles. The minimum atomic E-state index is -1.09. The molecule has 104 valence electrons. The maximum atomic E-state index is 11.1. The Morgan fingerprint density at radius 2 is 2.35 bits per heavy atom. The quantitative estimate of drug-likeness (QED) is 0.696. The minimum absolute atomic E-state index is 0.0449. The predicted molar refractivity (Wildman–Crippen MR) is 71.9 cm³/mol. The largest absolute Gasteiger partial charge is 0.476 e. The zero-order chi connectivity index (χ0) is 14.1. The Morgan fingerprint density at radius 1 is 1.50 bits per heavy atom. The van der Waals surface area contributed by atoms with Crippen LogP contribution in [-0.4, -0.2) is 42.0 Å². The number of imidazole rings is 1. The second-order valence-corrected chi connectivity index (χ2v) is 5.08. The van der Waals surface area contributed by atoms with Crippen LogP contribution in [-0.2, 0) is 13.0 Å². The first-order valence-electron chi connectivity index (χ1n) is 5.96. The third-order valence-electron chi connectivity index (χ3n) is 2.88. The van der Waals surface area contributed by atoms with E-state index in [0.717, 1.165) is 10.7 Å². The Morgan fingerprint density at radius 3 is 3.05 bits per heavy atom. The van der Waals surface area contributed by atoms with Gasteiger partial charge in [0, 0.05) is 24.2 Å². The number of nitrogens with zero attached hydrogens (tertiary/aromatic N) is 5. The molecule has 9 heteroatoms. The van der Waals surface area contributed by atoms with Crippen LogP contribution in [0.5, 0.6) is 0 Å². The normalized spacial score (nSPS) is 11.2. The van der Waals surface area contributed by atoms with Crippen LogP contribution < -0.4 is 5.73 Å². The Kier molecular flexibility index (Phi) is 3.20. The minimum Gasteiger partial charge on any atom is -0.476 e. The topological polar surface area (TPSA) is 111 Å². The molecule has 0 saturated heterocycles. The number of hydrogen-bond donors (Lipinski definition) is 2. The van der Waals surface area contributed by atoms with Gasteiger partial charge in [-0.1, -0.05) is 5.21 Å². The lowest BCUT2D eigenvalue weighted by Crippen LogP contribution is -2.14. The van der Waals surface area contributed by atoms with Crippen LogP contribution in [0.3, 0.4) is 0 Å². The number of carboxylic acid groups (broad SMARTS) is 1. The number of hydrogen-bond acceptors (Lipinski definition) is 6. The molecule has 0 bridgehead atoms. The maximum Gasteiger partial charge on any atom is 0.358 e. The van der Waals surface area contributed by atoms with Crippen LogP contribution >= 0.6 is 11.3 Å². The molecule has 3 N–H and O–H groups in total. The molecular formula is C11H12N6O2S. The molecule has 0 fully saturated rings. The summed E-state index contributed by atoms with van der Waals surface area (Å²) in [7, 11) is 0. The van der Waals surface area contributed by atoms with Gasteiger partial charge in [0.05, 0.1) is 17.9 Å². The van der Waals surface area contributed by atoms with E-state index in [-0.39, 0.29) is 5.69 Å². The first-order valence-corrected chi connectivity index (χ1v) is 6.84. The van der Waals surface area contributed by atoms with E-state index in [0.29, 0.717) is 25.2 Å². The van der Waals surface area contributed by atoms with Crippen molar-refractivity contribution in [3.63, 3.8) is 0 Å². The Labute approximate surface area is 117 Å². The standard InChI is InChI=1S/C11H12N6O2S/c12-2-1-8-9(10(18)19)14-15-17(8)6-7-5-16-3-4-20-11(16)13-7/h3-5H,1-2,6,12H2,(H,18,19). The number of nitrogens with two attached hydrogens (primary N) is 1. The summed E-state index contributed by atoms with van der Waals surface area (Å²) in [5, 5.41) is 18.6. The molecule has 8 nitrogen and oxygen atoms in total. The molecule has 3 aromatic heterocycles. The van der Waals surface area contributed by atoms with Crippen molar-refractivity contribution in [2.45, 2.75) is 13.0 Å². The molecule has 0 radical (unpaired) electrons. The van der Waals surface area contributed by atoms with E-state index in [1.807, 2.05) is 22.2 Å². The lowest BCUT2D eigenvalue weighted by atomic mass is 10.2. The zero-order valence-corrected chi connectivity index (χ0v) is 11.2. The second kappa shape index (κ2) is 5.02. The lowest BCUT2D eigenvalue weighted by Gasteiger charge is -2.03. The molecule has 20 heavy (non-hydrogen) atoms. The highest BCUT2D eigenvalue weighted by Crippen LogP contribution is 2.14. The van der Waals surface area contributed by atoms with Crippen LogP contribution in [0.1, 0.15) is 21.9 Å². The van der Waals surface area contributed by atoms with Gasteiger partial charge in [-0.15, -0.1) is 16.4 Å². The maximum absolute atomic E-state index is 11.1. The SMILES string of the molecule is NCCc1c(C(=O)O)nnn1Cc1cn2ccsc2n1. The molecule has 0 atom stereocenters. The summed E-state index contributed by atoms with van der Waals surface area (Å²) in [5.41, 5.74) is 6.80. The Balaban J connectivity index is 1.93. The molecule has 0 aromatic carbocycles. The molecule has 3 heterocycles. The van der Waals surface area contributed by atoms with Crippen molar-refractivity contribution < 1.29 is 9.90 Å². The van der Waals surface area contributed by atoms with Gasteiger partial charge in [-0.25, -0.2) is 14.5 Å². The molecule has 0 saturated carbocycles. The van der Waals surface area contributed by atoms with Crippen LogP contribution in [0.4, 0.5) is 0 Å². The number of fused-ring (bicyclic) bond motifs is 1. The summed E-state index contributed by atoms with van der Waals surface area (Å²) in [5.74, 6) is -1.09. The summed E-state index contributed by atoms with van der Waals surface area (Å²) in [6.07, 6.45) is 4.22. The summed E-state index contributed by atoms with van der Waals surface area (Å²) >= 11 is 1.54. The monoisotopic (exact) mass is 292 g/mol. The zero-order valence-electron chi connectivity index (χ0n) is 10.4.